The number of carbonyl (C=O) groups excluding carboxylic acids is 1. The number of benzene rings is 1. The zero-order chi connectivity index (χ0) is 18.6. The zero-order valence-electron chi connectivity index (χ0n) is 14.1. The van der Waals surface area contributed by atoms with Gasteiger partial charge >= 0.3 is 0 Å². The summed E-state index contributed by atoms with van der Waals surface area (Å²) in [5.74, 6) is -0.270. The first-order chi connectivity index (χ1) is 12.4. The Balaban J connectivity index is 1.53. The van der Waals surface area contributed by atoms with E-state index >= 15 is 0 Å². The van der Waals surface area contributed by atoms with Gasteiger partial charge in [0.2, 0.25) is 0 Å². The maximum Gasteiger partial charge on any atom is 0.252 e. The average molecular weight is 377 g/mol. The second-order valence-corrected chi connectivity index (χ2v) is 8.57. The van der Waals surface area contributed by atoms with E-state index in [1.165, 1.54) is 18.3 Å². The molecule has 8 heteroatoms. The lowest BCUT2D eigenvalue weighted by Gasteiger charge is -2.13. The average Bonchev–Trinajstić information content (AvgIpc) is 2.95. The number of aromatic nitrogens is 1. The molecule has 1 aliphatic rings. The largest absolute Gasteiger partial charge is 0.380 e. The molecular formula is C18H20FN3O3S. The standard InChI is InChI=1S/C18H20FN3O3S/c19-15-3-1-13(2-4-15)5-7-21-18(23)14-9-17(11-20-10-14)22-16-6-8-26(24,25)12-16/h1-4,9-11,16,22H,5-8,12H2,(H,21,23). The van der Waals surface area contributed by atoms with Crippen molar-refractivity contribution in [3.63, 3.8) is 0 Å². The molecule has 3 rings (SSSR count). The quantitative estimate of drug-likeness (QED) is 0.801. The summed E-state index contributed by atoms with van der Waals surface area (Å²) in [5.41, 5.74) is 1.95. The lowest BCUT2D eigenvalue weighted by Crippen LogP contribution is -2.26. The molecule has 0 bridgehead atoms. The smallest absolute Gasteiger partial charge is 0.252 e. The number of carbonyl (C=O) groups is 1. The Labute approximate surface area is 151 Å². The minimum atomic E-state index is -2.97. The molecular weight excluding hydrogens is 357 g/mol. The van der Waals surface area contributed by atoms with Crippen molar-refractivity contribution < 1.29 is 17.6 Å². The number of nitrogens with zero attached hydrogens (tertiary/aromatic N) is 1. The van der Waals surface area contributed by atoms with Crippen molar-refractivity contribution in [3.8, 4) is 0 Å². The van der Waals surface area contributed by atoms with E-state index in [1.54, 1.807) is 24.4 Å². The van der Waals surface area contributed by atoms with Crippen LogP contribution in [0.25, 0.3) is 0 Å². The molecule has 1 fully saturated rings. The number of nitrogens with one attached hydrogen (secondary N) is 2. The van der Waals surface area contributed by atoms with Crippen LogP contribution in [0.4, 0.5) is 10.1 Å². The number of halogens is 1. The van der Waals surface area contributed by atoms with Crippen molar-refractivity contribution in [1.82, 2.24) is 10.3 Å². The number of amides is 1. The Bertz CT molecular complexity index is 885. The van der Waals surface area contributed by atoms with Crippen LogP contribution >= 0.6 is 0 Å². The van der Waals surface area contributed by atoms with Gasteiger partial charge in [0.05, 0.1) is 22.8 Å². The molecule has 0 spiro atoms. The highest BCUT2D eigenvalue weighted by Crippen LogP contribution is 2.17. The molecule has 1 aromatic carbocycles. The fourth-order valence-corrected chi connectivity index (χ4v) is 4.53. The number of sulfone groups is 1. The maximum absolute atomic E-state index is 12.9. The summed E-state index contributed by atoms with van der Waals surface area (Å²) >= 11 is 0. The molecule has 0 aliphatic carbocycles. The SMILES string of the molecule is O=C(NCCc1ccc(F)cc1)c1cncc(NC2CCS(=O)(=O)C2)c1. The maximum atomic E-state index is 12.9. The van der Waals surface area contributed by atoms with Gasteiger partial charge in [0.1, 0.15) is 5.82 Å². The van der Waals surface area contributed by atoms with Crippen LogP contribution in [-0.4, -0.2) is 43.4 Å². The fourth-order valence-electron chi connectivity index (χ4n) is 2.86. The van der Waals surface area contributed by atoms with Crippen LogP contribution in [0, 0.1) is 5.82 Å². The van der Waals surface area contributed by atoms with E-state index in [0.29, 0.717) is 30.6 Å². The monoisotopic (exact) mass is 377 g/mol. The van der Waals surface area contributed by atoms with Crippen molar-refractivity contribution in [2.24, 2.45) is 0 Å². The number of hydrogen-bond acceptors (Lipinski definition) is 5. The highest BCUT2D eigenvalue weighted by atomic mass is 32.2. The van der Waals surface area contributed by atoms with Crippen LogP contribution in [0.2, 0.25) is 0 Å². The summed E-state index contributed by atoms with van der Waals surface area (Å²) in [6.45, 7) is 0.420. The Hall–Kier alpha value is -2.48. The van der Waals surface area contributed by atoms with Crippen molar-refractivity contribution in [2.75, 3.05) is 23.4 Å². The lowest BCUT2D eigenvalue weighted by molar-refractivity contribution is 0.0954. The van der Waals surface area contributed by atoms with Gasteiger partial charge in [-0.25, -0.2) is 12.8 Å². The van der Waals surface area contributed by atoms with E-state index < -0.39 is 9.84 Å². The van der Waals surface area contributed by atoms with E-state index in [-0.39, 0.29) is 29.3 Å². The van der Waals surface area contributed by atoms with Gasteiger partial charge in [-0.3, -0.25) is 9.78 Å². The summed E-state index contributed by atoms with van der Waals surface area (Å²) < 4.78 is 35.9. The molecule has 1 unspecified atom stereocenters. The topological polar surface area (TPSA) is 88.2 Å². The molecule has 0 saturated carbocycles. The third-order valence-corrected chi connectivity index (χ3v) is 5.98. The highest BCUT2D eigenvalue weighted by molar-refractivity contribution is 7.91. The van der Waals surface area contributed by atoms with Gasteiger partial charge in [-0.1, -0.05) is 12.1 Å². The molecule has 2 heterocycles. The minimum absolute atomic E-state index is 0.0983. The first-order valence-electron chi connectivity index (χ1n) is 8.36. The Morgan fingerprint density at radius 3 is 2.69 bits per heavy atom. The number of anilines is 1. The van der Waals surface area contributed by atoms with E-state index in [2.05, 4.69) is 15.6 Å². The normalized spacial score (nSPS) is 18.4. The number of rotatable bonds is 6. The number of hydrogen-bond donors (Lipinski definition) is 2. The van der Waals surface area contributed by atoms with Crippen molar-refractivity contribution >= 4 is 21.4 Å². The molecule has 26 heavy (non-hydrogen) atoms. The van der Waals surface area contributed by atoms with Gasteiger partial charge in [-0.15, -0.1) is 0 Å². The Morgan fingerprint density at radius 1 is 1.23 bits per heavy atom. The Morgan fingerprint density at radius 2 is 2.00 bits per heavy atom. The molecule has 1 aromatic heterocycles. The van der Waals surface area contributed by atoms with Gasteiger partial charge in [0, 0.05) is 25.0 Å². The molecule has 2 aromatic rings. The van der Waals surface area contributed by atoms with Crippen molar-refractivity contribution in [3.05, 3.63) is 59.7 Å². The van der Waals surface area contributed by atoms with Crippen LogP contribution in [0.1, 0.15) is 22.3 Å². The van der Waals surface area contributed by atoms with Crippen LogP contribution < -0.4 is 10.6 Å². The van der Waals surface area contributed by atoms with Crippen LogP contribution in [0.5, 0.6) is 0 Å². The molecule has 1 atom stereocenters. The minimum Gasteiger partial charge on any atom is -0.380 e. The van der Waals surface area contributed by atoms with E-state index in [4.69, 9.17) is 0 Å². The molecule has 1 aliphatic heterocycles. The molecule has 138 valence electrons. The zero-order valence-corrected chi connectivity index (χ0v) is 14.9. The van der Waals surface area contributed by atoms with Crippen LogP contribution in [0.15, 0.2) is 42.7 Å². The van der Waals surface area contributed by atoms with Gasteiger partial charge in [0.25, 0.3) is 5.91 Å². The molecule has 0 radical (unpaired) electrons. The summed E-state index contributed by atoms with van der Waals surface area (Å²) in [7, 11) is -2.97. The van der Waals surface area contributed by atoms with Crippen LogP contribution in [0.3, 0.4) is 0 Å². The van der Waals surface area contributed by atoms with Gasteiger partial charge in [0.15, 0.2) is 9.84 Å². The van der Waals surface area contributed by atoms with Gasteiger partial charge in [-0.2, -0.15) is 0 Å². The summed E-state index contributed by atoms with van der Waals surface area (Å²) in [4.78, 5) is 16.3. The first kappa shape index (κ1) is 18.3. The van der Waals surface area contributed by atoms with E-state index in [1.807, 2.05) is 0 Å². The van der Waals surface area contributed by atoms with Gasteiger partial charge in [-0.05, 0) is 36.6 Å². The summed E-state index contributed by atoms with van der Waals surface area (Å²) in [6, 6.07) is 7.65. The summed E-state index contributed by atoms with van der Waals surface area (Å²) in [5, 5.41) is 5.92. The third-order valence-electron chi connectivity index (χ3n) is 4.22. The predicted molar refractivity (Wildman–Crippen MR) is 97.4 cm³/mol. The molecule has 6 nitrogen and oxygen atoms in total. The predicted octanol–water partition coefficient (Wildman–Crippen LogP) is 1.79. The van der Waals surface area contributed by atoms with Crippen molar-refractivity contribution in [2.45, 2.75) is 18.9 Å². The van der Waals surface area contributed by atoms with E-state index in [0.717, 1.165) is 5.56 Å². The molecule has 1 saturated heterocycles. The molecule has 1 amide bonds. The first-order valence-corrected chi connectivity index (χ1v) is 10.2. The van der Waals surface area contributed by atoms with E-state index in [9.17, 15) is 17.6 Å². The molecule has 2 N–H and O–H groups in total. The Kier molecular flexibility index (Phi) is 5.51. The number of pyridine rings is 1. The second kappa shape index (κ2) is 7.82. The highest BCUT2D eigenvalue weighted by Gasteiger charge is 2.27. The second-order valence-electron chi connectivity index (χ2n) is 6.34. The summed E-state index contributed by atoms with van der Waals surface area (Å²) in [6.07, 6.45) is 4.18. The van der Waals surface area contributed by atoms with Gasteiger partial charge < -0.3 is 10.6 Å². The lowest BCUT2D eigenvalue weighted by atomic mass is 10.1. The fraction of sp³-hybridized carbons (Fsp3) is 0.333. The third kappa shape index (κ3) is 5.01. The van der Waals surface area contributed by atoms with Crippen LogP contribution in [-0.2, 0) is 16.3 Å². The van der Waals surface area contributed by atoms with Crippen molar-refractivity contribution in [1.29, 1.82) is 0 Å².